The van der Waals surface area contributed by atoms with Gasteiger partial charge in [-0.2, -0.15) is 0 Å². The molecule has 1 fully saturated rings. The minimum absolute atomic E-state index is 0.103. The van der Waals surface area contributed by atoms with Gasteiger partial charge in [-0.1, -0.05) is 30.0 Å². The highest BCUT2D eigenvalue weighted by Gasteiger charge is 2.47. The van der Waals surface area contributed by atoms with E-state index in [1.807, 2.05) is 31.2 Å². The number of nitrogens with zero attached hydrogens (tertiary/aromatic N) is 3. The van der Waals surface area contributed by atoms with Crippen LogP contribution in [0.4, 0.5) is 4.39 Å². The summed E-state index contributed by atoms with van der Waals surface area (Å²) in [5, 5.41) is 14.4. The van der Waals surface area contributed by atoms with E-state index in [0.717, 1.165) is 11.1 Å². The zero-order valence-electron chi connectivity index (χ0n) is 17.7. The molecule has 2 aliphatic rings. The summed E-state index contributed by atoms with van der Waals surface area (Å²) in [7, 11) is 1.56. The molecule has 3 aromatic rings. The number of alkyl halides is 1. The number of thioether (sulfide) groups is 1. The fraction of sp³-hybridized carbons (Fsp3) is 0.292. The van der Waals surface area contributed by atoms with Gasteiger partial charge in [0.05, 0.1) is 30.7 Å². The number of piperidine rings is 1. The van der Waals surface area contributed by atoms with Crippen molar-refractivity contribution in [2.75, 3.05) is 7.11 Å². The van der Waals surface area contributed by atoms with Gasteiger partial charge < -0.3 is 9.84 Å². The number of halogens is 1. The first-order valence-electron chi connectivity index (χ1n) is 10.4. The van der Waals surface area contributed by atoms with E-state index in [0.29, 0.717) is 28.6 Å². The molecule has 5 rings (SSSR count). The van der Waals surface area contributed by atoms with Crippen LogP contribution in [0.3, 0.4) is 0 Å². The zero-order valence-corrected chi connectivity index (χ0v) is 18.5. The molecule has 6 nitrogen and oxygen atoms in total. The zero-order chi connectivity index (χ0) is 22.3. The monoisotopic (exact) mass is 450 g/mol. The number of hydrogen-bond acceptors (Lipinski definition) is 7. The van der Waals surface area contributed by atoms with Gasteiger partial charge >= 0.3 is 0 Å². The van der Waals surface area contributed by atoms with Crippen LogP contribution in [-0.2, 0) is 0 Å². The molecule has 164 valence electrons. The summed E-state index contributed by atoms with van der Waals surface area (Å²) < 4.78 is 20.2. The lowest BCUT2D eigenvalue weighted by Crippen LogP contribution is -2.57. The molecule has 2 N–H and O–H groups in total. The van der Waals surface area contributed by atoms with E-state index in [4.69, 9.17) is 4.74 Å². The van der Waals surface area contributed by atoms with Crippen molar-refractivity contribution in [3.63, 3.8) is 0 Å². The standard InChI is InChI=1S/C24H23FN4O2S/c1-24-7-5-16(29-24)11-20(23(24)25)32-22-13-27-18(12-28-22)17-4-3-14(9-19(17)30)15-6-8-26-21(10-15)31-2/h3-10,12-13,16,20,23,29-30H,11H2,1-2H3/t16?,20-,23-,24+/m1/s1. The lowest BCUT2D eigenvalue weighted by Gasteiger charge is -2.39. The summed E-state index contributed by atoms with van der Waals surface area (Å²) in [5.41, 5.74) is 2.25. The molecule has 1 aromatic carbocycles. The number of aromatic nitrogens is 3. The summed E-state index contributed by atoms with van der Waals surface area (Å²) in [6.07, 6.45) is 8.62. The van der Waals surface area contributed by atoms with Crippen molar-refractivity contribution < 1.29 is 14.2 Å². The molecule has 2 aliphatic heterocycles. The maximum Gasteiger partial charge on any atom is 0.213 e. The molecule has 2 aromatic heterocycles. The molecule has 4 atom stereocenters. The lowest BCUT2D eigenvalue weighted by atomic mass is 9.90. The Kier molecular flexibility index (Phi) is 5.35. The molecule has 0 amide bonds. The highest BCUT2D eigenvalue weighted by molar-refractivity contribution is 7.99. The number of nitrogens with one attached hydrogen (secondary N) is 1. The quantitative estimate of drug-likeness (QED) is 0.558. The van der Waals surface area contributed by atoms with Gasteiger partial charge in [0.25, 0.3) is 0 Å². The van der Waals surface area contributed by atoms with E-state index in [1.54, 1.807) is 37.8 Å². The molecule has 0 radical (unpaired) electrons. The molecule has 2 bridgehead atoms. The van der Waals surface area contributed by atoms with Crippen molar-refractivity contribution >= 4 is 11.8 Å². The number of rotatable bonds is 5. The second-order valence-corrected chi connectivity index (χ2v) is 9.50. The number of fused-ring (bicyclic) bond motifs is 2. The van der Waals surface area contributed by atoms with Crippen LogP contribution < -0.4 is 10.1 Å². The van der Waals surface area contributed by atoms with E-state index in [2.05, 4.69) is 26.3 Å². The molecule has 32 heavy (non-hydrogen) atoms. The molecule has 0 saturated carbocycles. The van der Waals surface area contributed by atoms with Crippen LogP contribution in [0.25, 0.3) is 22.4 Å². The number of aromatic hydroxyl groups is 1. The summed E-state index contributed by atoms with van der Waals surface area (Å²) in [5.74, 6) is 0.609. The number of pyridine rings is 1. The largest absolute Gasteiger partial charge is 0.507 e. The molecular weight excluding hydrogens is 427 g/mol. The van der Waals surface area contributed by atoms with Crippen LogP contribution in [0, 0.1) is 0 Å². The molecule has 8 heteroatoms. The molecule has 4 heterocycles. The van der Waals surface area contributed by atoms with Crippen molar-refractivity contribution in [2.24, 2.45) is 0 Å². The van der Waals surface area contributed by atoms with Gasteiger partial charge in [0.2, 0.25) is 5.88 Å². The summed E-state index contributed by atoms with van der Waals surface area (Å²) >= 11 is 1.42. The second-order valence-electron chi connectivity index (χ2n) is 8.25. The van der Waals surface area contributed by atoms with E-state index in [9.17, 15) is 5.11 Å². The third-order valence-electron chi connectivity index (χ3n) is 6.01. The van der Waals surface area contributed by atoms with Crippen LogP contribution in [0.5, 0.6) is 11.6 Å². The van der Waals surface area contributed by atoms with Gasteiger partial charge in [-0.15, -0.1) is 0 Å². The first-order valence-corrected chi connectivity index (χ1v) is 11.3. The van der Waals surface area contributed by atoms with Crippen LogP contribution in [0.1, 0.15) is 13.3 Å². The van der Waals surface area contributed by atoms with Gasteiger partial charge in [-0.05, 0) is 42.7 Å². The average molecular weight is 451 g/mol. The van der Waals surface area contributed by atoms with Crippen molar-refractivity contribution in [3.8, 4) is 34.0 Å². The summed E-state index contributed by atoms with van der Waals surface area (Å²) in [4.78, 5) is 13.1. The maximum absolute atomic E-state index is 15.0. The van der Waals surface area contributed by atoms with Crippen molar-refractivity contribution in [3.05, 3.63) is 61.1 Å². The van der Waals surface area contributed by atoms with Crippen molar-refractivity contribution in [1.82, 2.24) is 20.3 Å². The number of phenolic OH excluding ortho intramolecular Hbond substituents is 1. The first-order chi connectivity index (χ1) is 15.4. The Labute approximate surface area is 190 Å². The van der Waals surface area contributed by atoms with Gasteiger partial charge in [-0.3, -0.25) is 10.3 Å². The molecule has 0 spiro atoms. The van der Waals surface area contributed by atoms with Gasteiger partial charge in [0.15, 0.2) is 0 Å². The van der Waals surface area contributed by atoms with Crippen LogP contribution in [0.15, 0.2) is 66.1 Å². The molecule has 0 aliphatic carbocycles. The van der Waals surface area contributed by atoms with Crippen LogP contribution >= 0.6 is 11.8 Å². The topological polar surface area (TPSA) is 80.2 Å². The van der Waals surface area contributed by atoms with E-state index >= 15 is 4.39 Å². The number of phenols is 1. The smallest absolute Gasteiger partial charge is 0.213 e. The lowest BCUT2D eigenvalue weighted by molar-refractivity contribution is 0.163. The summed E-state index contributed by atoms with van der Waals surface area (Å²) in [6, 6.07) is 9.25. The molecule has 1 unspecified atom stereocenters. The molecular formula is C24H23FN4O2S. The highest BCUT2D eigenvalue weighted by Crippen LogP contribution is 2.41. The second kappa shape index (κ2) is 8.18. The number of ether oxygens (including phenoxy) is 1. The third kappa shape index (κ3) is 3.84. The van der Waals surface area contributed by atoms with Gasteiger partial charge in [0, 0.05) is 29.1 Å². The fourth-order valence-electron chi connectivity index (χ4n) is 4.28. The van der Waals surface area contributed by atoms with E-state index in [1.165, 1.54) is 11.8 Å². The number of benzene rings is 1. The first kappa shape index (κ1) is 20.9. The number of methoxy groups -OCH3 is 1. The fourth-order valence-corrected chi connectivity index (χ4v) is 5.53. The minimum atomic E-state index is -1.01. The average Bonchev–Trinajstić information content (AvgIpc) is 3.15. The predicted octanol–water partition coefficient (Wildman–Crippen LogP) is 4.41. The third-order valence-corrected chi connectivity index (χ3v) is 7.19. The maximum atomic E-state index is 15.0. The normalized spacial score (nSPS) is 26.3. The van der Waals surface area contributed by atoms with Crippen molar-refractivity contribution in [1.29, 1.82) is 0 Å². The predicted molar refractivity (Wildman–Crippen MR) is 123 cm³/mol. The Bertz CT molecular complexity index is 1170. The Morgan fingerprint density at radius 2 is 2.00 bits per heavy atom. The van der Waals surface area contributed by atoms with Gasteiger partial charge in [0.1, 0.15) is 16.9 Å². The SMILES string of the molecule is COc1cc(-c2ccc(-c3cnc(S[C@@H]4CC5C=C[C@](C)(N5)[C@@H]4F)cn3)c(O)c2)ccn1. The Morgan fingerprint density at radius 3 is 2.75 bits per heavy atom. The van der Waals surface area contributed by atoms with Gasteiger partial charge in [-0.25, -0.2) is 14.4 Å². The Balaban J connectivity index is 1.33. The summed E-state index contributed by atoms with van der Waals surface area (Å²) in [6.45, 7) is 1.89. The van der Waals surface area contributed by atoms with Crippen LogP contribution in [-0.4, -0.2) is 50.2 Å². The molecule has 1 saturated heterocycles. The van der Waals surface area contributed by atoms with E-state index in [-0.39, 0.29) is 17.0 Å². The minimum Gasteiger partial charge on any atom is -0.507 e. The van der Waals surface area contributed by atoms with Crippen LogP contribution in [0.2, 0.25) is 0 Å². The Morgan fingerprint density at radius 1 is 1.16 bits per heavy atom. The number of hydrogen-bond donors (Lipinski definition) is 2. The Hall–Kier alpha value is -2.97. The van der Waals surface area contributed by atoms with Crippen molar-refractivity contribution in [2.45, 2.75) is 41.4 Å². The highest BCUT2D eigenvalue weighted by atomic mass is 32.2. The van der Waals surface area contributed by atoms with E-state index < -0.39 is 11.7 Å².